The predicted octanol–water partition coefficient (Wildman–Crippen LogP) is 3.18. The average molecular weight is 378 g/mol. The van der Waals surface area contributed by atoms with Crippen LogP contribution in [-0.4, -0.2) is 30.3 Å². The summed E-state index contributed by atoms with van der Waals surface area (Å²) in [5.41, 5.74) is 0.503. The molecule has 1 unspecified atom stereocenters. The van der Waals surface area contributed by atoms with E-state index in [1.165, 1.54) is 0 Å². The second kappa shape index (κ2) is 7.62. The highest BCUT2D eigenvalue weighted by atomic mass is 79.9. The topological polar surface area (TPSA) is 58.6 Å². The molecular formula is C18H20BrNO3. The first-order chi connectivity index (χ1) is 10.9. The highest BCUT2D eigenvalue weighted by molar-refractivity contribution is 9.10. The van der Waals surface area contributed by atoms with Gasteiger partial charge in [0, 0.05) is 23.0 Å². The first-order valence-electron chi connectivity index (χ1n) is 7.29. The highest BCUT2D eigenvalue weighted by Gasteiger charge is 2.22. The molecule has 0 saturated heterocycles. The van der Waals surface area contributed by atoms with Crippen molar-refractivity contribution < 1.29 is 14.6 Å². The summed E-state index contributed by atoms with van der Waals surface area (Å²) in [6.07, 6.45) is 0.440. The molecule has 1 amide bonds. The Balaban J connectivity index is 1.93. The quantitative estimate of drug-likeness (QED) is 0.812. The molecule has 0 saturated carbocycles. The fourth-order valence-corrected chi connectivity index (χ4v) is 2.65. The number of aliphatic hydroxyl groups is 1. The van der Waals surface area contributed by atoms with Crippen molar-refractivity contribution in [2.45, 2.75) is 18.9 Å². The number of benzene rings is 2. The number of nitrogens with one attached hydrogen (secondary N) is 1. The summed E-state index contributed by atoms with van der Waals surface area (Å²) in [4.78, 5) is 12.1. The lowest BCUT2D eigenvalue weighted by Gasteiger charge is -2.24. The first kappa shape index (κ1) is 17.5. The van der Waals surface area contributed by atoms with Gasteiger partial charge in [-0.05, 0) is 42.8 Å². The van der Waals surface area contributed by atoms with E-state index in [0.717, 1.165) is 15.8 Å². The Morgan fingerprint density at radius 3 is 2.57 bits per heavy atom. The van der Waals surface area contributed by atoms with Crippen LogP contribution in [0.5, 0.6) is 5.75 Å². The number of carbonyl (C=O) groups excluding carboxylic acids is 1. The van der Waals surface area contributed by atoms with Gasteiger partial charge in [-0.15, -0.1) is 0 Å². The van der Waals surface area contributed by atoms with Gasteiger partial charge in [-0.3, -0.25) is 4.79 Å². The van der Waals surface area contributed by atoms with Gasteiger partial charge in [-0.25, -0.2) is 0 Å². The number of halogens is 1. The molecule has 0 heterocycles. The van der Waals surface area contributed by atoms with E-state index in [1.807, 2.05) is 30.3 Å². The Morgan fingerprint density at radius 1 is 1.26 bits per heavy atom. The second-order valence-electron chi connectivity index (χ2n) is 5.71. The summed E-state index contributed by atoms with van der Waals surface area (Å²) < 4.78 is 5.96. The molecule has 0 aromatic heterocycles. The smallest absolute Gasteiger partial charge is 0.251 e. The summed E-state index contributed by atoms with van der Waals surface area (Å²) >= 11 is 3.34. The molecule has 122 valence electrons. The van der Waals surface area contributed by atoms with E-state index in [0.29, 0.717) is 12.0 Å². The Kier molecular flexibility index (Phi) is 5.80. The molecule has 2 rings (SSSR count). The van der Waals surface area contributed by atoms with Crippen molar-refractivity contribution in [3.05, 3.63) is 64.1 Å². The summed E-state index contributed by atoms with van der Waals surface area (Å²) in [5, 5.41) is 13.3. The lowest BCUT2D eigenvalue weighted by atomic mass is 9.96. The van der Waals surface area contributed by atoms with E-state index in [-0.39, 0.29) is 12.5 Å². The SMILES string of the molecule is COc1ccc(CC(C)(O)CNC(=O)c2cccc(Br)c2)cc1. The fourth-order valence-electron chi connectivity index (χ4n) is 2.25. The zero-order valence-electron chi connectivity index (χ0n) is 13.2. The molecule has 0 bridgehead atoms. The summed E-state index contributed by atoms with van der Waals surface area (Å²) in [6.45, 7) is 1.88. The second-order valence-corrected chi connectivity index (χ2v) is 6.63. The maximum absolute atomic E-state index is 12.1. The van der Waals surface area contributed by atoms with E-state index in [2.05, 4.69) is 21.2 Å². The number of methoxy groups -OCH3 is 1. The third-order valence-corrected chi connectivity index (χ3v) is 3.95. The van der Waals surface area contributed by atoms with Gasteiger partial charge in [-0.1, -0.05) is 34.1 Å². The molecule has 0 fully saturated rings. The molecule has 2 N–H and O–H groups in total. The Hall–Kier alpha value is -1.85. The van der Waals surface area contributed by atoms with Crippen LogP contribution in [-0.2, 0) is 6.42 Å². The Morgan fingerprint density at radius 2 is 1.96 bits per heavy atom. The number of amides is 1. The molecule has 0 radical (unpaired) electrons. The van der Waals surface area contributed by atoms with Gasteiger partial charge in [0.1, 0.15) is 5.75 Å². The van der Waals surface area contributed by atoms with Crippen LogP contribution in [0.3, 0.4) is 0 Å². The number of carbonyl (C=O) groups is 1. The highest BCUT2D eigenvalue weighted by Crippen LogP contribution is 2.17. The molecule has 0 aliphatic rings. The lowest BCUT2D eigenvalue weighted by Crippen LogP contribution is -2.42. The van der Waals surface area contributed by atoms with Crippen molar-refractivity contribution in [1.82, 2.24) is 5.32 Å². The van der Waals surface area contributed by atoms with Crippen molar-refractivity contribution in [2.75, 3.05) is 13.7 Å². The van der Waals surface area contributed by atoms with Crippen LogP contribution in [0.4, 0.5) is 0 Å². The summed E-state index contributed by atoms with van der Waals surface area (Å²) in [7, 11) is 1.61. The van der Waals surface area contributed by atoms with E-state index in [9.17, 15) is 9.90 Å². The number of hydrogen-bond donors (Lipinski definition) is 2. The third-order valence-electron chi connectivity index (χ3n) is 3.46. The zero-order valence-corrected chi connectivity index (χ0v) is 14.8. The summed E-state index contributed by atoms with van der Waals surface area (Å²) in [5.74, 6) is 0.567. The molecule has 0 spiro atoms. The normalized spacial score (nSPS) is 13.2. The number of rotatable bonds is 6. The monoisotopic (exact) mass is 377 g/mol. The molecule has 2 aromatic rings. The van der Waals surface area contributed by atoms with Gasteiger partial charge < -0.3 is 15.2 Å². The van der Waals surface area contributed by atoms with Crippen molar-refractivity contribution >= 4 is 21.8 Å². The zero-order chi connectivity index (χ0) is 16.9. The lowest BCUT2D eigenvalue weighted by molar-refractivity contribution is 0.0552. The van der Waals surface area contributed by atoms with Gasteiger partial charge >= 0.3 is 0 Å². The molecule has 0 aliphatic heterocycles. The van der Waals surface area contributed by atoms with Crippen LogP contribution in [0.25, 0.3) is 0 Å². The van der Waals surface area contributed by atoms with Gasteiger partial charge in [0.25, 0.3) is 5.91 Å². The van der Waals surface area contributed by atoms with E-state index >= 15 is 0 Å². The van der Waals surface area contributed by atoms with E-state index in [1.54, 1.807) is 32.2 Å². The minimum Gasteiger partial charge on any atom is -0.497 e. The van der Waals surface area contributed by atoms with Gasteiger partial charge in [0.15, 0.2) is 0 Å². The minimum atomic E-state index is -1.03. The van der Waals surface area contributed by atoms with Crippen LogP contribution >= 0.6 is 15.9 Å². The average Bonchev–Trinajstić information content (AvgIpc) is 2.53. The van der Waals surface area contributed by atoms with Crippen LogP contribution in [0.2, 0.25) is 0 Å². The van der Waals surface area contributed by atoms with Crippen molar-refractivity contribution in [1.29, 1.82) is 0 Å². The minimum absolute atomic E-state index is 0.171. The third kappa shape index (κ3) is 5.37. The summed E-state index contributed by atoms with van der Waals surface area (Å²) in [6, 6.07) is 14.7. The van der Waals surface area contributed by atoms with Crippen LogP contribution in [0.1, 0.15) is 22.8 Å². The Bertz CT molecular complexity index is 668. The van der Waals surface area contributed by atoms with Crippen LogP contribution in [0, 0.1) is 0 Å². The van der Waals surface area contributed by atoms with Gasteiger partial charge in [0.05, 0.1) is 12.7 Å². The fraction of sp³-hybridized carbons (Fsp3) is 0.278. The molecule has 23 heavy (non-hydrogen) atoms. The molecule has 5 heteroatoms. The van der Waals surface area contributed by atoms with Crippen molar-refractivity contribution in [2.24, 2.45) is 0 Å². The van der Waals surface area contributed by atoms with Gasteiger partial charge in [-0.2, -0.15) is 0 Å². The Labute approximate surface area is 144 Å². The first-order valence-corrected chi connectivity index (χ1v) is 8.08. The maximum Gasteiger partial charge on any atom is 0.251 e. The van der Waals surface area contributed by atoms with Crippen LogP contribution < -0.4 is 10.1 Å². The van der Waals surface area contributed by atoms with Crippen molar-refractivity contribution in [3.63, 3.8) is 0 Å². The molecule has 0 aliphatic carbocycles. The van der Waals surface area contributed by atoms with E-state index < -0.39 is 5.60 Å². The van der Waals surface area contributed by atoms with Crippen molar-refractivity contribution in [3.8, 4) is 5.75 Å². The number of hydrogen-bond acceptors (Lipinski definition) is 3. The molecule has 1 atom stereocenters. The maximum atomic E-state index is 12.1. The van der Waals surface area contributed by atoms with Gasteiger partial charge in [0.2, 0.25) is 0 Å². The standard InChI is InChI=1S/C18H20BrNO3/c1-18(22,11-13-6-8-16(23-2)9-7-13)12-20-17(21)14-4-3-5-15(19)10-14/h3-10,22H,11-12H2,1-2H3,(H,20,21). The number of ether oxygens (including phenoxy) is 1. The predicted molar refractivity (Wildman–Crippen MR) is 93.8 cm³/mol. The largest absolute Gasteiger partial charge is 0.497 e. The molecule has 4 nitrogen and oxygen atoms in total. The molecule has 2 aromatic carbocycles. The van der Waals surface area contributed by atoms with E-state index in [4.69, 9.17) is 4.74 Å². The molecular weight excluding hydrogens is 358 g/mol. The van der Waals surface area contributed by atoms with Crippen LogP contribution in [0.15, 0.2) is 53.0 Å².